The number of halogens is 2. The molecule has 1 saturated heterocycles. The van der Waals surface area contributed by atoms with Gasteiger partial charge in [-0.3, -0.25) is 4.31 Å². The first kappa shape index (κ1) is 29.3. The standard InChI is InChI=1S/C26H26BrClN2O7S2/c1-36-21(31)14-37-23-22(27)24(38-25(23)26(32)33)16-6-4-7-19(13-16)30(18-9-11-29-12-10-18)39(34,35)15-17-5-2-3-8-20(17)28/h2-8,13,18,29H,9-12,14-15H2,1H3,(H,32,33). The Kier molecular flexibility index (Phi) is 9.55. The lowest BCUT2D eigenvalue weighted by Crippen LogP contribution is -2.46. The van der Waals surface area contributed by atoms with Crippen molar-refractivity contribution in [3.63, 3.8) is 0 Å². The molecule has 2 N–H and O–H groups in total. The number of hydrogen-bond acceptors (Lipinski definition) is 8. The molecular weight excluding hydrogens is 632 g/mol. The van der Waals surface area contributed by atoms with Gasteiger partial charge in [-0.2, -0.15) is 0 Å². The van der Waals surface area contributed by atoms with Gasteiger partial charge in [-0.1, -0.05) is 41.9 Å². The highest BCUT2D eigenvalue weighted by Gasteiger charge is 2.33. The van der Waals surface area contributed by atoms with Crippen LogP contribution in [0.3, 0.4) is 0 Å². The van der Waals surface area contributed by atoms with Crippen molar-refractivity contribution >= 4 is 66.5 Å². The maximum atomic E-state index is 13.9. The van der Waals surface area contributed by atoms with Crippen LogP contribution in [0.2, 0.25) is 5.02 Å². The molecule has 2 heterocycles. The van der Waals surface area contributed by atoms with E-state index in [0.29, 0.717) is 57.1 Å². The molecule has 3 aromatic rings. The summed E-state index contributed by atoms with van der Waals surface area (Å²) in [7, 11) is -2.65. The summed E-state index contributed by atoms with van der Waals surface area (Å²) < 4.78 is 39.7. The van der Waals surface area contributed by atoms with Gasteiger partial charge in [0, 0.05) is 11.1 Å². The summed E-state index contributed by atoms with van der Waals surface area (Å²) in [5, 5.41) is 13.4. The molecule has 2 aromatic carbocycles. The second-order valence-electron chi connectivity index (χ2n) is 8.75. The van der Waals surface area contributed by atoms with Crippen molar-refractivity contribution in [1.29, 1.82) is 0 Å². The number of carboxylic acids is 1. The van der Waals surface area contributed by atoms with Gasteiger partial charge in [0.05, 0.1) is 27.9 Å². The van der Waals surface area contributed by atoms with Crippen molar-refractivity contribution < 1.29 is 32.6 Å². The van der Waals surface area contributed by atoms with E-state index in [-0.39, 0.29) is 22.4 Å². The van der Waals surface area contributed by atoms with Gasteiger partial charge in [0.25, 0.3) is 0 Å². The van der Waals surface area contributed by atoms with Crippen molar-refractivity contribution in [2.24, 2.45) is 0 Å². The zero-order valence-electron chi connectivity index (χ0n) is 20.9. The molecule has 1 fully saturated rings. The Morgan fingerprint density at radius 1 is 1.18 bits per heavy atom. The zero-order chi connectivity index (χ0) is 28.2. The summed E-state index contributed by atoms with van der Waals surface area (Å²) in [4.78, 5) is 23.9. The van der Waals surface area contributed by atoms with Gasteiger partial charge < -0.3 is 19.9 Å². The maximum absolute atomic E-state index is 13.9. The average molecular weight is 658 g/mol. The molecule has 13 heteroatoms. The first-order valence-corrected chi connectivity index (χ1v) is 15.5. The van der Waals surface area contributed by atoms with E-state index in [2.05, 4.69) is 26.0 Å². The summed E-state index contributed by atoms with van der Waals surface area (Å²) in [5.41, 5.74) is 1.56. The van der Waals surface area contributed by atoms with E-state index < -0.39 is 28.6 Å². The topological polar surface area (TPSA) is 122 Å². The van der Waals surface area contributed by atoms with Gasteiger partial charge in [-0.05, 0) is 71.2 Å². The number of anilines is 1. The van der Waals surface area contributed by atoms with Crippen LogP contribution in [0.4, 0.5) is 5.69 Å². The molecule has 4 rings (SSSR count). The van der Waals surface area contributed by atoms with Gasteiger partial charge in [0.2, 0.25) is 10.0 Å². The lowest BCUT2D eigenvalue weighted by atomic mass is 10.1. The van der Waals surface area contributed by atoms with Crippen LogP contribution >= 0.6 is 38.9 Å². The second kappa shape index (κ2) is 12.7. The highest BCUT2D eigenvalue weighted by atomic mass is 79.9. The maximum Gasteiger partial charge on any atom is 0.349 e. The number of esters is 1. The van der Waals surface area contributed by atoms with Crippen molar-refractivity contribution in [1.82, 2.24) is 5.32 Å². The molecule has 0 amide bonds. The van der Waals surface area contributed by atoms with Gasteiger partial charge in [-0.15, -0.1) is 11.3 Å². The molecule has 1 aromatic heterocycles. The van der Waals surface area contributed by atoms with Crippen molar-refractivity contribution in [3.8, 4) is 16.2 Å². The molecule has 0 saturated carbocycles. The molecule has 0 unspecified atom stereocenters. The molecule has 0 radical (unpaired) electrons. The molecule has 0 spiro atoms. The van der Waals surface area contributed by atoms with E-state index in [1.54, 1.807) is 48.5 Å². The van der Waals surface area contributed by atoms with Crippen LogP contribution in [-0.2, 0) is 25.3 Å². The fourth-order valence-corrected chi connectivity index (χ4v) is 8.40. The number of aromatic carboxylic acids is 1. The third-order valence-electron chi connectivity index (χ3n) is 6.16. The SMILES string of the molecule is COC(=O)COc1c(C(=O)O)sc(-c2cccc(N(C3CCNCC3)S(=O)(=O)Cc3ccccc3Cl)c2)c1Br. The summed E-state index contributed by atoms with van der Waals surface area (Å²) in [6.07, 6.45) is 1.26. The molecule has 1 aliphatic heterocycles. The Labute approximate surface area is 243 Å². The minimum atomic E-state index is -3.85. The summed E-state index contributed by atoms with van der Waals surface area (Å²) >= 11 is 10.7. The van der Waals surface area contributed by atoms with Gasteiger partial charge >= 0.3 is 11.9 Å². The Balaban J connectivity index is 1.76. The highest BCUT2D eigenvalue weighted by Crippen LogP contribution is 2.46. The minimum Gasteiger partial charge on any atom is -0.479 e. The van der Waals surface area contributed by atoms with Crippen LogP contribution in [0.5, 0.6) is 5.75 Å². The number of carboxylic acid groups (broad SMARTS) is 1. The number of hydrogen-bond donors (Lipinski definition) is 2. The largest absolute Gasteiger partial charge is 0.479 e. The Bertz CT molecular complexity index is 1470. The van der Waals surface area contributed by atoms with E-state index in [4.69, 9.17) is 16.3 Å². The van der Waals surface area contributed by atoms with Crippen molar-refractivity contribution in [2.75, 3.05) is 31.1 Å². The number of nitrogens with zero attached hydrogens (tertiary/aromatic N) is 1. The number of thiophene rings is 1. The van der Waals surface area contributed by atoms with Crippen molar-refractivity contribution in [3.05, 3.63) is 68.5 Å². The van der Waals surface area contributed by atoms with Crippen molar-refractivity contribution in [2.45, 2.75) is 24.6 Å². The number of ether oxygens (including phenoxy) is 2. The van der Waals surface area contributed by atoms with E-state index in [0.717, 1.165) is 11.3 Å². The average Bonchev–Trinajstić information content (AvgIpc) is 3.25. The molecule has 9 nitrogen and oxygen atoms in total. The predicted octanol–water partition coefficient (Wildman–Crippen LogP) is 5.17. The Hall–Kier alpha value is -2.64. The number of benzene rings is 2. The van der Waals surface area contributed by atoms with Crippen LogP contribution in [0, 0.1) is 0 Å². The lowest BCUT2D eigenvalue weighted by molar-refractivity contribution is -0.142. The second-order valence-corrected chi connectivity index (χ2v) is 12.8. The molecule has 1 aliphatic rings. The van der Waals surface area contributed by atoms with Gasteiger partial charge in [0.15, 0.2) is 17.2 Å². The number of sulfonamides is 1. The van der Waals surface area contributed by atoms with Crippen LogP contribution in [0.15, 0.2) is 53.0 Å². The number of piperidine rings is 1. The van der Waals surface area contributed by atoms with E-state index >= 15 is 0 Å². The summed E-state index contributed by atoms with van der Waals surface area (Å²) in [6, 6.07) is 13.5. The zero-order valence-corrected chi connectivity index (χ0v) is 24.8. The lowest BCUT2D eigenvalue weighted by Gasteiger charge is -2.35. The predicted molar refractivity (Wildman–Crippen MR) is 154 cm³/mol. The number of methoxy groups -OCH3 is 1. The normalized spacial score (nSPS) is 14.1. The van der Waals surface area contributed by atoms with Crippen LogP contribution in [0.25, 0.3) is 10.4 Å². The van der Waals surface area contributed by atoms with E-state index in [1.807, 2.05) is 0 Å². The van der Waals surface area contributed by atoms with Gasteiger partial charge in [0.1, 0.15) is 0 Å². The number of rotatable bonds is 10. The van der Waals surface area contributed by atoms with Crippen LogP contribution in [-0.4, -0.2) is 58.3 Å². The number of carbonyl (C=O) groups excluding carboxylic acids is 1. The third kappa shape index (κ3) is 6.75. The summed E-state index contributed by atoms with van der Waals surface area (Å²) in [5.74, 6) is -2.14. The smallest absolute Gasteiger partial charge is 0.349 e. The molecule has 39 heavy (non-hydrogen) atoms. The van der Waals surface area contributed by atoms with E-state index in [9.17, 15) is 23.1 Å². The fraction of sp³-hybridized carbons (Fsp3) is 0.308. The number of nitrogens with one attached hydrogen (secondary N) is 1. The quantitative estimate of drug-likeness (QED) is 0.287. The Morgan fingerprint density at radius 3 is 2.56 bits per heavy atom. The molecule has 0 bridgehead atoms. The molecular formula is C26H26BrClN2O7S2. The minimum absolute atomic E-state index is 0.000134. The van der Waals surface area contributed by atoms with E-state index in [1.165, 1.54) is 11.4 Å². The number of carbonyl (C=O) groups is 2. The molecule has 208 valence electrons. The highest BCUT2D eigenvalue weighted by molar-refractivity contribution is 9.10. The Morgan fingerprint density at radius 2 is 1.90 bits per heavy atom. The third-order valence-corrected chi connectivity index (χ3v) is 10.5. The first-order chi connectivity index (χ1) is 18.6. The monoisotopic (exact) mass is 656 g/mol. The fourth-order valence-electron chi connectivity index (χ4n) is 4.35. The van der Waals surface area contributed by atoms with Crippen LogP contribution in [0.1, 0.15) is 28.1 Å². The first-order valence-electron chi connectivity index (χ1n) is 11.9. The summed E-state index contributed by atoms with van der Waals surface area (Å²) in [6.45, 7) is 0.902. The molecule has 0 atom stereocenters. The van der Waals surface area contributed by atoms with Gasteiger partial charge in [-0.25, -0.2) is 18.0 Å². The van der Waals surface area contributed by atoms with Crippen LogP contribution < -0.4 is 14.4 Å². The molecule has 0 aliphatic carbocycles.